The summed E-state index contributed by atoms with van der Waals surface area (Å²) in [7, 11) is 0. The lowest BCUT2D eigenvalue weighted by atomic mass is 9.92. The van der Waals surface area contributed by atoms with Gasteiger partial charge in [-0.25, -0.2) is 0 Å². The fourth-order valence-corrected chi connectivity index (χ4v) is 2.44. The van der Waals surface area contributed by atoms with Gasteiger partial charge in [-0.3, -0.25) is 4.79 Å². The zero-order chi connectivity index (χ0) is 11.5. The number of carbonyl (C=O) groups is 1. The number of carbonyl (C=O) groups excluding carboxylic acids is 1. The standard InChI is InChI=1S/C15H20O/c1-3-11(2)8-15(16)14-9-12-6-4-5-7-13(12)10-14/h4-7,11,14H,3,8-10H2,1-2H3. The zero-order valence-electron chi connectivity index (χ0n) is 10.2. The predicted molar refractivity (Wildman–Crippen MR) is 66.4 cm³/mol. The maximum Gasteiger partial charge on any atom is 0.136 e. The molecule has 0 radical (unpaired) electrons. The molecule has 0 saturated carbocycles. The van der Waals surface area contributed by atoms with Crippen molar-refractivity contribution in [2.45, 2.75) is 39.5 Å². The highest BCUT2D eigenvalue weighted by Crippen LogP contribution is 2.28. The van der Waals surface area contributed by atoms with Crippen LogP contribution in [0.3, 0.4) is 0 Å². The lowest BCUT2D eigenvalue weighted by Crippen LogP contribution is -2.17. The molecule has 1 aliphatic rings. The fourth-order valence-electron chi connectivity index (χ4n) is 2.44. The van der Waals surface area contributed by atoms with Crippen molar-refractivity contribution < 1.29 is 4.79 Å². The number of hydrogen-bond donors (Lipinski definition) is 0. The second-order valence-corrected chi connectivity index (χ2v) is 5.06. The van der Waals surface area contributed by atoms with Gasteiger partial charge in [0.05, 0.1) is 0 Å². The van der Waals surface area contributed by atoms with E-state index in [0.717, 1.165) is 25.7 Å². The van der Waals surface area contributed by atoms with Gasteiger partial charge >= 0.3 is 0 Å². The summed E-state index contributed by atoms with van der Waals surface area (Å²) in [6.45, 7) is 4.32. The summed E-state index contributed by atoms with van der Waals surface area (Å²) in [6.07, 6.45) is 3.79. The third kappa shape index (κ3) is 2.34. The molecule has 0 N–H and O–H groups in total. The van der Waals surface area contributed by atoms with Gasteiger partial charge in [-0.2, -0.15) is 0 Å². The van der Waals surface area contributed by atoms with Crippen molar-refractivity contribution >= 4 is 5.78 Å². The first-order valence-corrected chi connectivity index (χ1v) is 6.30. The highest BCUT2D eigenvalue weighted by Gasteiger charge is 2.27. The fraction of sp³-hybridized carbons (Fsp3) is 0.533. The Morgan fingerprint density at radius 2 is 1.88 bits per heavy atom. The maximum absolute atomic E-state index is 12.1. The molecule has 0 aliphatic heterocycles. The molecule has 1 aromatic rings. The van der Waals surface area contributed by atoms with Crippen molar-refractivity contribution in [1.82, 2.24) is 0 Å². The van der Waals surface area contributed by atoms with Crippen LogP contribution in [0.4, 0.5) is 0 Å². The third-order valence-electron chi connectivity index (χ3n) is 3.75. The molecule has 1 aliphatic carbocycles. The van der Waals surface area contributed by atoms with Gasteiger partial charge in [0.25, 0.3) is 0 Å². The van der Waals surface area contributed by atoms with Gasteiger partial charge in [0.2, 0.25) is 0 Å². The molecule has 1 unspecified atom stereocenters. The second kappa shape index (κ2) is 4.82. The van der Waals surface area contributed by atoms with E-state index in [1.165, 1.54) is 11.1 Å². The molecule has 0 bridgehead atoms. The van der Waals surface area contributed by atoms with Crippen molar-refractivity contribution in [3.63, 3.8) is 0 Å². The van der Waals surface area contributed by atoms with Crippen LogP contribution >= 0.6 is 0 Å². The summed E-state index contributed by atoms with van der Waals surface area (Å²) in [6, 6.07) is 8.46. The van der Waals surface area contributed by atoms with Crippen LogP contribution in [-0.4, -0.2) is 5.78 Å². The highest BCUT2D eigenvalue weighted by molar-refractivity contribution is 5.82. The normalized spacial score (nSPS) is 17.1. The van der Waals surface area contributed by atoms with Gasteiger partial charge in [-0.15, -0.1) is 0 Å². The molecule has 0 heterocycles. The van der Waals surface area contributed by atoms with Crippen LogP contribution in [0.2, 0.25) is 0 Å². The Kier molecular flexibility index (Phi) is 3.42. The number of fused-ring (bicyclic) bond motifs is 1. The summed E-state index contributed by atoms with van der Waals surface area (Å²) < 4.78 is 0. The molecule has 1 heteroatoms. The van der Waals surface area contributed by atoms with Gasteiger partial charge in [-0.1, -0.05) is 44.5 Å². The summed E-state index contributed by atoms with van der Waals surface area (Å²) in [5, 5.41) is 0. The van der Waals surface area contributed by atoms with Crippen molar-refractivity contribution in [2.24, 2.45) is 11.8 Å². The Morgan fingerprint density at radius 1 is 1.31 bits per heavy atom. The van der Waals surface area contributed by atoms with E-state index in [0.29, 0.717) is 11.7 Å². The van der Waals surface area contributed by atoms with Gasteiger partial charge in [0.15, 0.2) is 0 Å². The molecule has 0 aromatic heterocycles. The Labute approximate surface area is 97.9 Å². The van der Waals surface area contributed by atoms with Crippen LogP contribution < -0.4 is 0 Å². The zero-order valence-corrected chi connectivity index (χ0v) is 10.2. The van der Waals surface area contributed by atoms with E-state index in [1.807, 2.05) is 0 Å². The minimum absolute atomic E-state index is 0.256. The largest absolute Gasteiger partial charge is 0.299 e. The minimum Gasteiger partial charge on any atom is -0.299 e. The first-order valence-electron chi connectivity index (χ1n) is 6.30. The number of Topliss-reactive ketones (excluding diaryl/α,β-unsaturated/α-hetero) is 1. The topological polar surface area (TPSA) is 17.1 Å². The average Bonchev–Trinajstić information content (AvgIpc) is 2.72. The molecular formula is C15H20O. The molecule has 1 aromatic carbocycles. The van der Waals surface area contributed by atoms with Crippen molar-refractivity contribution in [3.8, 4) is 0 Å². The molecule has 1 nitrogen and oxygen atoms in total. The van der Waals surface area contributed by atoms with Crippen molar-refractivity contribution in [2.75, 3.05) is 0 Å². The number of hydrogen-bond acceptors (Lipinski definition) is 1. The minimum atomic E-state index is 0.256. The van der Waals surface area contributed by atoms with Gasteiger partial charge in [0, 0.05) is 12.3 Å². The Hall–Kier alpha value is -1.11. The monoisotopic (exact) mass is 216 g/mol. The smallest absolute Gasteiger partial charge is 0.136 e. The quantitative estimate of drug-likeness (QED) is 0.754. The van der Waals surface area contributed by atoms with Crippen molar-refractivity contribution in [1.29, 1.82) is 0 Å². The van der Waals surface area contributed by atoms with Crippen LogP contribution in [0, 0.1) is 11.8 Å². The molecule has 0 fully saturated rings. The first kappa shape index (κ1) is 11.4. The van der Waals surface area contributed by atoms with Crippen LogP contribution in [0.1, 0.15) is 37.8 Å². The maximum atomic E-state index is 12.1. The Bertz CT molecular complexity index is 356. The predicted octanol–water partition coefficient (Wildman–Crippen LogP) is 3.41. The van der Waals surface area contributed by atoms with Gasteiger partial charge in [0.1, 0.15) is 5.78 Å². The average molecular weight is 216 g/mol. The molecular weight excluding hydrogens is 196 g/mol. The lowest BCUT2D eigenvalue weighted by Gasteiger charge is -2.11. The van der Waals surface area contributed by atoms with Gasteiger partial charge < -0.3 is 0 Å². The van der Waals surface area contributed by atoms with Crippen molar-refractivity contribution in [3.05, 3.63) is 35.4 Å². The molecule has 0 saturated heterocycles. The SMILES string of the molecule is CCC(C)CC(=O)C1Cc2ccccc2C1. The molecule has 1 atom stereocenters. The molecule has 86 valence electrons. The van der Waals surface area contributed by atoms with E-state index in [-0.39, 0.29) is 5.92 Å². The van der Waals surface area contributed by atoms with E-state index in [4.69, 9.17) is 0 Å². The van der Waals surface area contributed by atoms with E-state index in [1.54, 1.807) is 0 Å². The molecule has 0 amide bonds. The van der Waals surface area contributed by atoms with E-state index < -0.39 is 0 Å². The molecule has 16 heavy (non-hydrogen) atoms. The van der Waals surface area contributed by atoms with Crippen LogP contribution in [0.5, 0.6) is 0 Å². The number of ketones is 1. The first-order chi connectivity index (χ1) is 7.70. The number of benzene rings is 1. The number of rotatable bonds is 4. The molecule has 2 rings (SSSR count). The van der Waals surface area contributed by atoms with Gasteiger partial charge in [-0.05, 0) is 29.9 Å². The molecule has 0 spiro atoms. The summed E-state index contributed by atoms with van der Waals surface area (Å²) in [4.78, 5) is 12.1. The van der Waals surface area contributed by atoms with E-state index >= 15 is 0 Å². The van der Waals surface area contributed by atoms with E-state index in [9.17, 15) is 4.79 Å². The third-order valence-corrected chi connectivity index (χ3v) is 3.75. The Balaban J connectivity index is 1.98. The second-order valence-electron chi connectivity index (χ2n) is 5.06. The van der Waals surface area contributed by atoms with Crippen LogP contribution in [-0.2, 0) is 17.6 Å². The Morgan fingerprint density at radius 3 is 2.38 bits per heavy atom. The summed E-state index contributed by atoms with van der Waals surface area (Å²) in [5.41, 5.74) is 2.76. The van der Waals surface area contributed by atoms with Crippen LogP contribution in [0.25, 0.3) is 0 Å². The van der Waals surface area contributed by atoms with Crippen LogP contribution in [0.15, 0.2) is 24.3 Å². The summed E-state index contributed by atoms with van der Waals surface area (Å²) in [5.74, 6) is 1.26. The lowest BCUT2D eigenvalue weighted by molar-refractivity contribution is -0.123. The van der Waals surface area contributed by atoms with E-state index in [2.05, 4.69) is 38.1 Å². The highest BCUT2D eigenvalue weighted by atomic mass is 16.1. The summed E-state index contributed by atoms with van der Waals surface area (Å²) >= 11 is 0.